The van der Waals surface area contributed by atoms with Crippen LogP contribution in [-0.4, -0.2) is 58.4 Å². The zero-order valence-corrected chi connectivity index (χ0v) is 29.0. The van der Waals surface area contributed by atoms with E-state index in [1.807, 2.05) is 70.3 Å². The first-order valence-electron chi connectivity index (χ1n) is 15.4. The molecule has 8 nitrogen and oxygen atoms in total. The van der Waals surface area contributed by atoms with Gasteiger partial charge in [0.1, 0.15) is 0 Å². The van der Waals surface area contributed by atoms with Crippen LogP contribution in [-0.2, 0) is 22.7 Å². The number of amides is 2. The van der Waals surface area contributed by atoms with E-state index < -0.39 is 0 Å². The standard InChI is InChI=1S/C20H25N5O2.C16H21N.C2H6.2H2/c1-13(2)20(27)23-18-8-16(9-21-15(18)4)22-19(26)12-24-5-6-25-10-14(3)7-17(25)11-24;1-7-10-11-16(12-14(4)8-2)15(9-3)13-17(5)6;1-2;;/h7-10H,1,5-6,11-12H2,2-4H3,(H,22,26)(H,23,27);7,9-13H,1-3H2,4-6H3;1-2H3;2*1H/b;11-10-,15-13+,16-12+;;;. The number of aryl methyl sites for hydroxylation is 2. The second-order valence-electron chi connectivity index (χ2n) is 10.9. The van der Waals surface area contributed by atoms with Crippen molar-refractivity contribution in [3.63, 3.8) is 0 Å². The van der Waals surface area contributed by atoms with Gasteiger partial charge in [0.2, 0.25) is 5.91 Å². The molecule has 0 radical (unpaired) electrons. The largest absolute Gasteiger partial charge is 0.383 e. The Morgan fingerprint density at radius 3 is 2.39 bits per heavy atom. The van der Waals surface area contributed by atoms with Gasteiger partial charge in [0.15, 0.2) is 0 Å². The topological polar surface area (TPSA) is 82.5 Å². The number of anilines is 2. The molecule has 3 heterocycles. The molecule has 0 bridgehead atoms. The highest BCUT2D eigenvalue weighted by Gasteiger charge is 2.19. The van der Waals surface area contributed by atoms with Crippen molar-refractivity contribution in [2.24, 2.45) is 0 Å². The zero-order chi connectivity index (χ0) is 34.8. The average molecular weight is 629 g/mol. The first-order valence-corrected chi connectivity index (χ1v) is 15.4. The number of carbonyl (C=O) groups is 2. The van der Waals surface area contributed by atoms with Crippen LogP contribution in [0.25, 0.3) is 0 Å². The molecule has 1 aliphatic heterocycles. The lowest BCUT2D eigenvalue weighted by Crippen LogP contribution is -2.38. The molecule has 0 saturated heterocycles. The number of rotatable bonds is 11. The van der Waals surface area contributed by atoms with Crippen molar-refractivity contribution in [2.45, 2.75) is 54.6 Å². The molecule has 2 amide bonds. The van der Waals surface area contributed by atoms with Crippen molar-refractivity contribution in [1.29, 1.82) is 0 Å². The number of hydrogen-bond donors (Lipinski definition) is 2. The summed E-state index contributed by atoms with van der Waals surface area (Å²) in [6.07, 6.45) is 15.2. The van der Waals surface area contributed by atoms with Gasteiger partial charge in [0.25, 0.3) is 5.91 Å². The van der Waals surface area contributed by atoms with Crippen molar-refractivity contribution >= 4 is 23.2 Å². The van der Waals surface area contributed by atoms with E-state index in [-0.39, 0.29) is 14.7 Å². The van der Waals surface area contributed by atoms with Gasteiger partial charge in [-0.05, 0) is 68.2 Å². The third kappa shape index (κ3) is 13.4. The van der Waals surface area contributed by atoms with Gasteiger partial charge >= 0.3 is 0 Å². The van der Waals surface area contributed by atoms with Crippen LogP contribution in [0, 0.1) is 13.8 Å². The Morgan fingerprint density at radius 1 is 1.11 bits per heavy atom. The molecule has 2 N–H and O–H groups in total. The maximum absolute atomic E-state index is 12.4. The SMILES string of the molecule is C=C(C)C(=O)Nc1cc(NC(=O)CN2CCn3cc(C)cc3C2)cnc1C.C=C=C(C)/C=C(\C=C/C=C)C(/C=C)=C/N(C)C.CC.[HH].[HH]. The lowest BCUT2D eigenvalue weighted by molar-refractivity contribution is -0.117. The van der Waals surface area contributed by atoms with Gasteiger partial charge in [-0.25, -0.2) is 0 Å². The monoisotopic (exact) mass is 628 g/mol. The Hall–Kier alpha value is -4.91. The van der Waals surface area contributed by atoms with Gasteiger partial charge in [0, 0.05) is 60.2 Å². The molecule has 0 saturated carbocycles. The highest BCUT2D eigenvalue weighted by molar-refractivity contribution is 6.03. The Balaban J connectivity index is 0. The third-order valence-corrected chi connectivity index (χ3v) is 6.55. The van der Waals surface area contributed by atoms with E-state index in [0.717, 1.165) is 36.4 Å². The first kappa shape index (κ1) is 39.1. The number of hydrogen-bond acceptors (Lipinski definition) is 5. The molecule has 0 fully saturated rings. The van der Waals surface area contributed by atoms with E-state index in [4.69, 9.17) is 0 Å². The Kier molecular flexibility index (Phi) is 17.2. The minimum Gasteiger partial charge on any atom is -0.383 e. The number of nitrogens with one attached hydrogen (secondary N) is 2. The maximum atomic E-state index is 12.4. The summed E-state index contributed by atoms with van der Waals surface area (Å²) in [5.74, 6) is -0.371. The first-order chi connectivity index (χ1) is 21.9. The number of aromatic nitrogens is 2. The second-order valence-corrected chi connectivity index (χ2v) is 10.9. The minimum absolute atomic E-state index is 0. The highest BCUT2D eigenvalue weighted by Crippen LogP contribution is 2.20. The predicted molar refractivity (Wildman–Crippen MR) is 199 cm³/mol. The van der Waals surface area contributed by atoms with E-state index in [1.165, 1.54) is 11.3 Å². The Bertz CT molecular complexity index is 1540. The van der Waals surface area contributed by atoms with Gasteiger partial charge in [-0.1, -0.05) is 64.5 Å². The predicted octanol–water partition coefficient (Wildman–Crippen LogP) is 8.00. The normalized spacial score (nSPS) is 12.7. The van der Waals surface area contributed by atoms with Crippen LogP contribution in [0.15, 0.2) is 115 Å². The van der Waals surface area contributed by atoms with E-state index >= 15 is 0 Å². The van der Waals surface area contributed by atoms with Crippen molar-refractivity contribution in [1.82, 2.24) is 19.4 Å². The fraction of sp³-hybridized carbons (Fsp3) is 0.316. The van der Waals surface area contributed by atoms with Crippen LogP contribution in [0.2, 0.25) is 0 Å². The zero-order valence-electron chi connectivity index (χ0n) is 29.0. The molecular weight excluding hydrogens is 572 g/mol. The summed E-state index contributed by atoms with van der Waals surface area (Å²) < 4.78 is 2.24. The molecule has 8 heteroatoms. The van der Waals surface area contributed by atoms with Crippen LogP contribution in [0.1, 0.15) is 47.5 Å². The molecule has 1 aliphatic rings. The highest BCUT2D eigenvalue weighted by atomic mass is 16.2. The molecule has 0 aliphatic carbocycles. The molecule has 0 spiro atoms. The maximum Gasteiger partial charge on any atom is 0.250 e. The van der Waals surface area contributed by atoms with Crippen LogP contribution in [0.5, 0.6) is 0 Å². The fourth-order valence-corrected chi connectivity index (χ4v) is 4.32. The molecule has 2 aromatic heterocycles. The number of carbonyl (C=O) groups excluding carboxylic acids is 2. The smallest absolute Gasteiger partial charge is 0.250 e. The molecule has 250 valence electrons. The minimum atomic E-state index is -0.269. The quantitative estimate of drug-likeness (QED) is 0.150. The van der Waals surface area contributed by atoms with E-state index in [2.05, 4.69) is 76.3 Å². The van der Waals surface area contributed by atoms with Crippen molar-refractivity contribution in [3.8, 4) is 0 Å². The van der Waals surface area contributed by atoms with Crippen molar-refractivity contribution in [3.05, 3.63) is 132 Å². The number of allylic oxidation sites excluding steroid dienone is 8. The summed E-state index contributed by atoms with van der Waals surface area (Å²) in [4.78, 5) is 32.6. The van der Waals surface area contributed by atoms with Gasteiger partial charge in [-0.3, -0.25) is 19.5 Å². The van der Waals surface area contributed by atoms with Gasteiger partial charge in [-0.2, -0.15) is 0 Å². The summed E-state index contributed by atoms with van der Waals surface area (Å²) in [6.45, 7) is 29.0. The van der Waals surface area contributed by atoms with Gasteiger partial charge < -0.3 is 20.1 Å². The summed E-state index contributed by atoms with van der Waals surface area (Å²) in [7, 11) is 3.96. The molecular formula is C38H56N6O2. The number of nitrogens with zero attached hydrogens (tertiary/aromatic N) is 4. The molecule has 46 heavy (non-hydrogen) atoms. The van der Waals surface area contributed by atoms with E-state index in [1.54, 1.807) is 32.2 Å². The lowest BCUT2D eigenvalue weighted by Gasteiger charge is -2.27. The Labute approximate surface area is 279 Å². The summed E-state index contributed by atoms with van der Waals surface area (Å²) in [6, 6.07) is 3.87. The van der Waals surface area contributed by atoms with Crippen molar-refractivity contribution < 1.29 is 12.4 Å². The fourth-order valence-electron chi connectivity index (χ4n) is 4.32. The van der Waals surface area contributed by atoms with Gasteiger partial charge in [0.05, 0.1) is 29.8 Å². The number of pyridine rings is 1. The number of fused-ring (bicyclic) bond motifs is 1. The van der Waals surface area contributed by atoms with Gasteiger partial charge in [-0.15, -0.1) is 5.73 Å². The van der Waals surface area contributed by atoms with Crippen molar-refractivity contribution in [2.75, 3.05) is 37.8 Å². The van der Waals surface area contributed by atoms with E-state index in [9.17, 15) is 9.59 Å². The Morgan fingerprint density at radius 2 is 1.80 bits per heavy atom. The summed E-state index contributed by atoms with van der Waals surface area (Å²) >= 11 is 0. The molecule has 0 unspecified atom stereocenters. The van der Waals surface area contributed by atoms with Crippen LogP contribution in [0.4, 0.5) is 11.4 Å². The lowest BCUT2D eigenvalue weighted by atomic mass is 10.0. The average Bonchev–Trinajstić information content (AvgIpc) is 3.39. The summed E-state index contributed by atoms with van der Waals surface area (Å²) in [5, 5.41) is 5.62. The molecule has 0 atom stereocenters. The molecule has 2 aromatic rings. The third-order valence-electron chi connectivity index (χ3n) is 6.55. The van der Waals surface area contributed by atoms with Crippen LogP contribution in [0.3, 0.4) is 0 Å². The van der Waals surface area contributed by atoms with E-state index in [0.29, 0.717) is 29.2 Å². The summed E-state index contributed by atoms with van der Waals surface area (Å²) in [5.41, 5.74) is 10.6. The van der Waals surface area contributed by atoms with Crippen LogP contribution >= 0.6 is 0 Å². The molecule has 0 aromatic carbocycles. The van der Waals surface area contributed by atoms with Crippen LogP contribution < -0.4 is 10.6 Å². The molecule has 3 rings (SSSR count). The second kappa shape index (κ2) is 20.2.